The third kappa shape index (κ3) is 6.85. The van der Waals surface area contributed by atoms with Gasteiger partial charge in [-0.3, -0.25) is 14.4 Å². The predicted molar refractivity (Wildman–Crippen MR) is 173 cm³/mol. The lowest BCUT2D eigenvalue weighted by molar-refractivity contribution is -0.109. The Morgan fingerprint density at radius 2 is 2.00 bits per heavy atom. The normalized spacial score (nSPS) is 15.6. The number of piperazine rings is 1. The van der Waals surface area contributed by atoms with Crippen molar-refractivity contribution in [2.24, 2.45) is 0 Å². The minimum absolute atomic E-state index is 0.0456. The van der Waals surface area contributed by atoms with Gasteiger partial charge in [-0.1, -0.05) is 19.6 Å². The molecule has 3 aromatic rings. The van der Waals surface area contributed by atoms with Gasteiger partial charge < -0.3 is 38.7 Å². The number of rotatable bonds is 9. The van der Waals surface area contributed by atoms with Gasteiger partial charge in [0.15, 0.2) is 17.0 Å². The van der Waals surface area contributed by atoms with Crippen LogP contribution in [0.15, 0.2) is 33.6 Å². The fraction of sp³-hybridized carbons (Fsp3) is 0.455. The number of carbonyl (C=O) groups is 2. The molecule has 0 aromatic carbocycles. The fourth-order valence-electron chi connectivity index (χ4n) is 5.94. The zero-order chi connectivity index (χ0) is 33.5. The van der Waals surface area contributed by atoms with Gasteiger partial charge in [0, 0.05) is 74.5 Å². The molecule has 3 aromatic heterocycles. The molecule has 3 aliphatic heterocycles. The number of hydrogen-bond donors (Lipinski definition) is 2. The summed E-state index contributed by atoms with van der Waals surface area (Å²) in [5.74, 6) is 0.588. The van der Waals surface area contributed by atoms with E-state index in [9.17, 15) is 19.5 Å². The van der Waals surface area contributed by atoms with E-state index >= 15 is 0 Å². The van der Waals surface area contributed by atoms with Crippen molar-refractivity contribution in [1.29, 1.82) is 5.26 Å². The highest BCUT2D eigenvalue weighted by Gasteiger charge is 2.31. The molecule has 0 bridgehead atoms. The lowest BCUT2D eigenvalue weighted by atomic mass is 10.1. The smallest absolute Gasteiger partial charge is 0.276 e. The van der Waals surface area contributed by atoms with Crippen LogP contribution in [0.5, 0.6) is 11.5 Å². The van der Waals surface area contributed by atoms with E-state index in [2.05, 4.69) is 21.9 Å². The topological polar surface area (TPSA) is 176 Å². The molecule has 1 saturated heterocycles. The van der Waals surface area contributed by atoms with Crippen LogP contribution in [-0.2, 0) is 28.9 Å². The van der Waals surface area contributed by atoms with Gasteiger partial charge in [-0.25, -0.2) is 9.97 Å². The lowest BCUT2D eigenvalue weighted by Gasteiger charge is -2.36. The Labute approximate surface area is 271 Å². The first-order chi connectivity index (χ1) is 22.8. The van der Waals surface area contributed by atoms with Crippen LogP contribution in [0.25, 0.3) is 16.8 Å². The highest BCUT2D eigenvalue weighted by Crippen LogP contribution is 2.35. The van der Waals surface area contributed by atoms with Crippen LogP contribution in [0, 0.1) is 11.3 Å². The average molecular weight is 646 g/mol. The van der Waals surface area contributed by atoms with Gasteiger partial charge in [-0.05, 0) is 19.8 Å². The number of fused-ring (bicyclic) bond motifs is 2. The zero-order valence-corrected chi connectivity index (χ0v) is 26.7. The monoisotopic (exact) mass is 645 g/mol. The van der Waals surface area contributed by atoms with E-state index in [0.29, 0.717) is 131 Å². The molecule has 0 spiro atoms. The summed E-state index contributed by atoms with van der Waals surface area (Å²) >= 11 is 0. The predicted octanol–water partition coefficient (Wildman–Crippen LogP) is 2.58. The Morgan fingerprint density at radius 1 is 1.21 bits per heavy atom. The average Bonchev–Trinajstić information content (AvgIpc) is 3.78. The quantitative estimate of drug-likeness (QED) is 0.199. The highest BCUT2D eigenvalue weighted by molar-refractivity contribution is 5.95. The van der Waals surface area contributed by atoms with Gasteiger partial charge in [0.1, 0.15) is 11.4 Å². The molecular weight excluding hydrogens is 606 g/mol. The summed E-state index contributed by atoms with van der Waals surface area (Å²) in [4.78, 5) is 49.2. The van der Waals surface area contributed by atoms with Crippen molar-refractivity contribution in [3.05, 3.63) is 57.5 Å². The molecule has 3 aliphatic rings. The zero-order valence-electron chi connectivity index (χ0n) is 26.7. The number of aromatic nitrogens is 3. The Morgan fingerprint density at radius 3 is 2.66 bits per heavy atom. The Hall–Kier alpha value is -5.16. The molecule has 1 fully saturated rings. The van der Waals surface area contributed by atoms with E-state index in [4.69, 9.17) is 19.2 Å². The number of nitrogens with one attached hydrogen (secondary N) is 1. The molecule has 0 aliphatic carbocycles. The van der Waals surface area contributed by atoms with Crippen molar-refractivity contribution in [3.63, 3.8) is 0 Å². The molecule has 0 saturated carbocycles. The number of nitrogens with zero attached hydrogens (tertiary/aromatic N) is 6. The van der Waals surface area contributed by atoms with Gasteiger partial charge in [0.2, 0.25) is 23.4 Å². The van der Waals surface area contributed by atoms with Crippen LogP contribution >= 0.6 is 0 Å². The summed E-state index contributed by atoms with van der Waals surface area (Å²) in [5.41, 5.74) is 4.31. The molecule has 2 amide bonds. The SMILES string of the molecule is C=C(C#N)CCNC=O.CCc1c(N2CCN(C(=O)c3ncc4c(c3O)CCO4)CC2)c(=O)c2nc(C3=CCOCC3)oc2n1CC. The Bertz CT molecular complexity index is 1800. The van der Waals surface area contributed by atoms with Crippen molar-refractivity contribution in [2.75, 3.05) is 57.4 Å². The highest BCUT2D eigenvalue weighted by atomic mass is 16.5. The molecule has 0 atom stereocenters. The van der Waals surface area contributed by atoms with Crippen LogP contribution in [0.4, 0.5) is 5.69 Å². The molecule has 0 unspecified atom stereocenters. The first-order valence-electron chi connectivity index (χ1n) is 15.8. The molecule has 14 heteroatoms. The van der Waals surface area contributed by atoms with Gasteiger partial charge in [0.25, 0.3) is 5.91 Å². The second-order valence-electron chi connectivity index (χ2n) is 11.2. The summed E-state index contributed by atoms with van der Waals surface area (Å²) in [6, 6.07) is 1.87. The third-order valence-corrected chi connectivity index (χ3v) is 8.40. The molecule has 47 heavy (non-hydrogen) atoms. The standard InChI is InChI=1S/C27H31N5O6.C6H8N2O/c1-3-18-22(24(34)21-27(32(18)4-2)38-25(29-21)16-5-12-36-13-6-16)30-8-10-31(11-9-30)26(35)20-23(33)17-7-14-37-19(17)15-28-20;1-6(4-7)2-3-8-5-9/h5,15,33H,3-4,6-14H2,1-2H3;5H,1-3H2,(H,8,9). The van der Waals surface area contributed by atoms with Crippen molar-refractivity contribution in [1.82, 2.24) is 24.8 Å². The fourth-order valence-corrected chi connectivity index (χ4v) is 5.94. The molecule has 0 radical (unpaired) electrons. The number of hydrogen-bond acceptors (Lipinski definition) is 11. The number of nitriles is 1. The Balaban J connectivity index is 0.000000424. The van der Waals surface area contributed by atoms with Crippen LogP contribution in [-0.4, -0.2) is 89.4 Å². The van der Waals surface area contributed by atoms with Gasteiger partial charge in [-0.15, -0.1) is 0 Å². The van der Waals surface area contributed by atoms with Crippen molar-refractivity contribution in [3.8, 4) is 17.6 Å². The van der Waals surface area contributed by atoms with E-state index in [1.807, 2.05) is 35.5 Å². The van der Waals surface area contributed by atoms with Gasteiger partial charge in [0.05, 0.1) is 32.1 Å². The minimum atomic E-state index is -0.320. The second-order valence-corrected chi connectivity index (χ2v) is 11.2. The lowest BCUT2D eigenvalue weighted by Crippen LogP contribution is -2.50. The van der Waals surface area contributed by atoms with Crippen LogP contribution in [0.1, 0.15) is 54.3 Å². The van der Waals surface area contributed by atoms with E-state index < -0.39 is 0 Å². The number of amides is 2. The minimum Gasteiger partial charge on any atom is -0.505 e. The summed E-state index contributed by atoms with van der Waals surface area (Å²) in [7, 11) is 0. The molecule has 6 heterocycles. The van der Waals surface area contributed by atoms with E-state index in [0.717, 1.165) is 11.3 Å². The number of aryl methyl sites for hydroxylation is 1. The number of pyridine rings is 2. The first-order valence-corrected chi connectivity index (χ1v) is 15.8. The number of oxazole rings is 1. The van der Waals surface area contributed by atoms with Crippen LogP contribution in [0.3, 0.4) is 0 Å². The van der Waals surface area contributed by atoms with E-state index in [1.165, 1.54) is 6.20 Å². The maximum absolute atomic E-state index is 13.8. The number of anilines is 1. The van der Waals surface area contributed by atoms with Crippen molar-refractivity contribution >= 4 is 34.8 Å². The first kappa shape index (κ1) is 33.2. The molecule has 248 valence electrons. The molecule has 6 rings (SSSR count). The third-order valence-electron chi connectivity index (χ3n) is 8.40. The van der Waals surface area contributed by atoms with E-state index in [-0.39, 0.29) is 22.8 Å². The molecule has 14 nitrogen and oxygen atoms in total. The number of ether oxygens (including phenoxy) is 2. The summed E-state index contributed by atoms with van der Waals surface area (Å²) < 4.78 is 19.0. The Kier molecular flexibility index (Phi) is 10.6. The maximum Gasteiger partial charge on any atom is 0.276 e. The number of carbonyl (C=O) groups excluding carboxylic acids is 2. The summed E-state index contributed by atoms with van der Waals surface area (Å²) in [6.07, 6.45) is 6.49. The van der Waals surface area contributed by atoms with E-state index in [1.54, 1.807) is 4.90 Å². The van der Waals surface area contributed by atoms with Crippen molar-refractivity contribution < 1.29 is 28.6 Å². The molecular formula is C33H39N7O7. The van der Waals surface area contributed by atoms with Crippen LogP contribution in [0.2, 0.25) is 0 Å². The maximum atomic E-state index is 13.8. The summed E-state index contributed by atoms with van der Waals surface area (Å²) in [5, 5.41) is 21.2. The largest absolute Gasteiger partial charge is 0.505 e. The van der Waals surface area contributed by atoms with Gasteiger partial charge in [-0.2, -0.15) is 5.26 Å². The molecule has 2 N–H and O–H groups in total. The second kappa shape index (κ2) is 15.0. The number of aromatic hydroxyl groups is 1. The van der Waals surface area contributed by atoms with Crippen LogP contribution < -0.4 is 20.4 Å². The summed E-state index contributed by atoms with van der Waals surface area (Å²) in [6.45, 7) is 11.9. The van der Waals surface area contributed by atoms with Crippen molar-refractivity contribution in [2.45, 2.75) is 46.1 Å². The van der Waals surface area contributed by atoms with Gasteiger partial charge >= 0.3 is 0 Å².